The normalized spacial score (nSPS) is 46.4. The van der Waals surface area contributed by atoms with Crippen molar-refractivity contribution >= 4 is 5.91 Å². The predicted octanol–water partition coefficient (Wildman–Crippen LogP) is 0.946. The Balaban J connectivity index is 1.65. The van der Waals surface area contributed by atoms with Crippen molar-refractivity contribution in [3.8, 4) is 0 Å². The van der Waals surface area contributed by atoms with Crippen LogP contribution in [0.3, 0.4) is 0 Å². The third kappa shape index (κ3) is 2.40. The Bertz CT molecular complexity index is 335. The van der Waals surface area contributed by atoms with Crippen LogP contribution in [0.1, 0.15) is 39.0 Å². The van der Waals surface area contributed by atoms with Crippen molar-refractivity contribution in [2.75, 3.05) is 13.1 Å². The van der Waals surface area contributed by atoms with Gasteiger partial charge in [0.05, 0.1) is 0 Å². The summed E-state index contributed by atoms with van der Waals surface area (Å²) >= 11 is 0. The minimum absolute atomic E-state index is 0.161. The third-order valence-corrected chi connectivity index (χ3v) is 5.74. The summed E-state index contributed by atoms with van der Waals surface area (Å²) in [6, 6.07) is 0.506. The highest BCUT2D eigenvalue weighted by atomic mass is 16.2. The number of amides is 1. The highest BCUT2D eigenvalue weighted by Gasteiger charge is 2.42. The Hall–Kier alpha value is -0.610. The summed E-state index contributed by atoms with van der Waals surface area (Å²) in [6.07, 6.45) is 5.76. The summed E-state index contributed by atoms with van der Waals surface area (Å²) in [7, 11) is 0. The number of likely N-dealkylation sites (tertiary alicyclic amines) is 1. The van der Waals surface area contributed by atoms with E-state index >= 15 is 0 Å². The van der Waals surface area contributed by atoms with E-state index in [0.29, 0.717) is 29.7 Å². The first kappa shape index (κ1) is 13.4. The van der Waals surface area contributed by atoms with E-state index in [9.17, 15) is 4.79 Å². The summed E-state index contributed by atoms with van der Waals surface area (Å²) in [6.45, 7) is 3.74. The molecule has 19 heavy (non-hydrogen) atoms. The Morgan fingerprint density at radius 3 is 2.26 bits per heavy atom. The van der Waals surface area contributed by atoms with Gasteiger partial charge in [-0.3, -0.25) is 4.79 Å². The van der Waals surface area contributed by atoms with Crippen LogP contribution in [0.2, 0.25) is 0 Å². The second-order valence-electron chi connectivity index (χ2n) is 7.08. The fraction of sp³-hybridized carbons (Fsp3) is 0.933. The summed E-state index contributed by atoms with van der Waals surface area (Å²) in [5, 5.41) is 0. The van der Waals surface area contributed by atoms with Gasteiger partial charge in [0.2, 0.25) is 5.91 Å². The van der Waals surface area contributed by atoms with Crippen LogP contribution in [-0.4, -0.2) is 36.0 Å². The molecule has 108 valence electrons. The number of nitrogens with zero attached hydrogens (tertiary/aromatic N) is 1. The van der Waals surface area contributed by atoms with Gasteiger partial charge in [-0.1, -0.05) is 13.3 Å². The molecule has 2 saturated carbocycles. The molecule has 0 aromatic heterocycles. The number of rotatable bonds is 1. The number of hydrogen-bond donors (Lipinski definition) is 2. The lowest BCUT2D eigenvalue weighted by molar-refractivity contribution is -0.137. The average molecular weight is 265 g/mol. The second kappa shape index (κ2) is 5.06. The van der Waals surface area contributed by atoms with Crippen molar-refractivity contribution in [1.29, 1.82) is 0 Å². The fourth-order valence-corrected chi connectivity index (χ4v) is 4.42. The minimum Gasteiger partial charge on any atom is -0.341 e. The second-order valence-corrected chi connectivity index (χ2v) is 7.08. The van der Waals surface area contributed by atoms with E-state index in [1.54, 1.807) is 0 Å². The molecule has 3 rings (SSSR count). The Morgan fingerprint density at radius 1 is 1.11 bits per heavy atom. The predicted molar refractivity (Wildman–Crippen MR) is 75.2 cm³/mol. The van der Waals surface area contributed by atoms with Crippen LogP contribution in [-0.2, 0) is 4.79 Å². The topological polar surface area (TPSA) is 72.3 Å². The van der Waals surface area contributed by atoms with E-state index in [1.807, 2.05) is 4.90 Å². The van der Waals surface area contributed by atoms with Crippen LogP contribution in [0.15, 0.2) is 0 Å². The van der Waals surface area contributed by atoms with Gasteiger partial charge in [-0.15, -0.1) is 0 Å². The highest BCUT2D eigenvalue weighted by molar-refractivity contribution is 5.79. The quantitative estimate of drug-likeness (QED) is 0.741. The molecule has 2 bridgehead atoms. The van der Waals surface area contributed by atoms with E-state index in [0.717, 1.165) is 25.9 Å². The standard InChI is InChI=1S/C15H27N3O/c1-9-7-18(8-13(9)16)15(19)12-5-10-3-2-4-11(6-12)14(10)17/h9-14H,2-8,16-17H2,1H3. The van der Waals surface area contributed by atoms with Gasteiger partial charge in [0.25, 0.3) is 0 Å². The molecule has 3 fully saturated rings. The van der Waals surface area contributed by atoms with Crippen molar-refractivity contribution < 1.29 is 4.79 Å². The zero-order valence-corrected chi connectivity index (χ0v) is 11.9. The van der Waals surface area contributed by atoms with Crippen LogP contribution in [0.5, 0.6) is 0 Å². The van der Waals surface area contributed by atoms with Gasteiger partial charge in [-0.2, -0.15) is 0 Å². The molecule has 3 aliphatic rings. The maximum Gasteiger partial charge on any atom is 0.225 e. The van der Waals surface area contributed by atoms with E-state index in [-0.39, 0.29) is 12.0 Å². The zero-order valence-electron chi connectivity index (χ0n) is 11.9. The van der Waals surface area contributed by atoms with Gasteiger partial charge in [0.15, 0.2) is 0 Å². The number of carbonyl (C=O) groups excluding carboxylic acids is 1. The number of hydrogen-bond acceptors (Lipinski definition) is 3. The van der Waals surface area contributed by atoms with Crippen LogP contribution in [0.25, 0.3) is 0 Å². The van der Waals surface area contributed by atoms with Gasteiger partial charge in [0, 0.05) is 31.1 Å². The molecule has 1 aliphatic heterocycles. The van der Waals surface area contributed by atoms with Crippen molar-refractivity contribution in [3.63, 3.8) is 0 Å². The van der Waals surface area contributed by atoms with E-state index in [4.69, 9.17) is 11.5 Å². The van der Waals surface area contributed by atoms with Gasteiger partial charge in [-0.25, -0.2) is 0 Å². The van der Waals surface area contributed by atoms with Crippen LogP contribution in [0, 0.1) is 23.7 Å². The van der Waals surface area contributed by atoms with Crippen molar-refractivity contribution in [1.82, 2.24) is 4.90 Å². The Labute approximate surface area is 115 Å². The highest BCUT2D eigenvalue weighted by Crippen LogP contribution is 2.42. The van der Waals surface area contributed by atoms with E-state index in [1.165, 1.54) is 19.3 Å². The monoisotopic (exact) mass is 265 g/mol. The third-order valence-electron chi connectivity index (χ3n) is 5.74. The Morgan fingerprint density at radius 2 is 1.74 bits per heavy atom. The maximum absolute atomic E-state index is 12.7. The summed E-state index contributed by atoms with van der Waals surface area (Å²) in [5.74, 6) is 2.16. The van der Waals surface area contributed by atoms with Crippen molar-refractivity contribution in [2.24, 2.45) is 35.1 Å². The van der Waals surface area contributed by atoms with Crippen LogP contribution in [0.4, 0.5) is 0 Å². The van der Waals surface area contributed by atoms with Crippen LogP contribution >= 0.6 is 0 Å². The molecule has 1 amide bonds. The summed E-state index contributed by atoms with van der Waals surface area (Å²) < 4.78 is 0. The van der Waals surface area contributed by atoms with Gasteiger partial charge in [0.1, 0.15) is 0 Å². The molecule has 0 aromatic carbocycles. The van der Waals surface area contributed by atoms with E-state index in [2.05, 4.69) is 6.92 Å². The lowest BCUT2D eigenvalue weighted by atomic mass is 9.65. The molecule has 4 unspecified atom stereocenters. The number of carbonyl (C=O) groups is 1. The summed E-state index contributed by atoms with van der Waals surface area (Å²) in [5.41, 5.74) is 12.3. The molecule has 0 spiro atoms. The van der Waals surface area contributed by atoms with Gasteiger partial charge < -0.3 is 16.4 Å². The molecule has 0 aromatic rings. The van der Waals surface area contributed by atoms with Crippen LogP contribution < -0.4 is 11.5 Å². The SMILES string of the molecule is CC1CN(C(=O)C2CC3CCCC(C2)C3N)CC1N. The molecule has 1 heterocycles. The first-order valence-electron chi connectivity index (χ1n) is 7.86. The smallest absolute Gasteiger partial charge is 0.225 e. The molecular weight excluding hydrogens is 238 g/mol. The molecule has 4 nitrogen and oxygen atoms in total. The Kier molecular flexibility index (Phi) is 3.56. The van der Waals surface area contributed by atoms with Crippen molar-refractivity contribution in [3.05, 3.63) is 0 Å². The first-order chi connectivity index (χ1) is 9.06. The first-order valence-corrected chi connectivity index (χ1v) is 7.86. The minimum atomic E-state index is 0.161. The maximum atomic E-state index is 12.7. The largest absolute Gasteiger partial charge is 0.341 e. The summed E-state index contributed by atoms with van der Waals surface area (Å²) in [4.78, 5) is 14.7. The molecule has 0 radical (unpaired) electrons. The molecule has 2 aliphatic carbocycles. The van der Waals surface area contributed by atoms with Gasteiger partial charge in [-0.05, 0) is 43.4 Å². The molecular formula is C15H27N3O. The number of nitrogens with two attached hydrogens (primary N) is 2. The molecule has 1 saturated heterocycles. The molecule has 4 atom stereocenters. The lowest BCUT2D eigenvalue weighted by Gasteiger charge is -2.44. The average Bonchev–Trinajstić information content (AvgIpc) is 2.68. The number of fused-ring (bicyclic) bond motifs is 2. The zero-order chi connectivity index (χ0) is 13.6. The molecule has 4 N–H and O–H groups in total. The van der Waals surface area contributed by atoms with E-state index < -0.39 is 0 Å². The van der Waals surface area contributed by atoms with Crippen molar-refractivity contribution in [2.45, 2.75) is 51.1 Å². The lowest BCUT2D eigenvalue weighted by Crippen LogP contribution is -2.49. The fourth-order valence-electron chi connectivity index (χ4n) is 4.42. The van der Waals surface area contributed by atoms with Gasteiger partial charge >= 0.3 is 0 Å². The molecule has 4 heteroatoms.